The Labute approximate surface area is 294 Å². The van der Waals surface area contributed by atoms with Crippen molar-refractivity contribution in [3.8, 4) is 22.5 Å². The molecule has 1 saturated heterocycles. The highest BCUT2D eigenvalue weighted by molar-refractivity contribution is 7.14. The minimum atomic E-state index is -0.906. The second-order valence-corrected chi connectivity index (χ2v) is 15.2. The average Bonchev–Trinajstić information content (AvgIpc) is 3.80. The number of benzene rings is 2. The maximum Gasteiger partial charge on any atom is 0.308 e. The summed E-state index contributed by atoms with van der Waals surface area (Å²) in [5, 5.41) is 12.4. The van der Waals surface area contributed by atoms with Crippen LogP contribution in [0, 0.1) is 5.92 Å². The van der Waals surface area contributed by atoms with Crippen molar-refractivity contribution in [3.63, 3.8) is 0 Å². The molecule has 9 heteroatoms. The fraction of sp³-hybridized carbons (Fsp3) is 0.425. The summed E-state index contributed by atoms with van der Waals surface area (Å²) in [5.74, 6) is -1.48. The Morgan fingerprint density at radius 3 is 2.14 bits per heavy atom. The number of aliphatic carboxylic acids is 1. The molecular formula is C40H48N4O4S. The Kier molecular flexibility index (Phi) is 12.0. The van der Waals surface area contributed by atoms with Gasteiger partial charge in [-0.3, -0.25) is 14.4 Å². The number of nitrogens with one attached hydrogen (secondary N) is 1. The first-order valence-corrected chi connectivity index (χ1v) is 18.3. The molecule has 0 bridgehead atoms. The SMILES string of the molecule is CCCCCCCc1ccc(-c2cnc(-c3ccc(C[C@H](NC(=O)c4ccc(C(C)(C)C)s4)C(=O)N4CC[C@H](C(=O)O)C4)cc3)nc2)cc1. The molecule has 1 aliphatic heterocycles. The first-order valence-electron chi connectivity index (χ1n) is 17.4. The normalized spacial score (nSPS) is 15.3. The molecular weight excluding hydrogens is 633 g/mol. The highest BCUT2D eigenvalue weighted by Gasteiger charge is 2.35. The lowest BCUT2D eigenvalue weighted by molar-refractivity contribution is -0.141. The molecule has 2 atom stereocenters. The van der Waals surface area contributed by atoms with Crippen molar-refractivity contribution in [2.75, 3.05) is 13.1 Å². The van der Waals surface area contributed by atoms with E-state index in [-0.39, 0.29) is 30.2 Å². The number of unbranched alkanes of at least 4 members (excludes halogenated alkanes) is 4. The first kappa shape index (κ1) is 35.9. The molecule has 0 aliphatic carbocycles. The van der Waals surface area contributed by atoms with Gasteiger partial charge in [-0.15, -0.1) is 11.3 Å². The largest absolute Gasteiger partial charge is 0.481 e. The van der Waals surface area contributed by atoms with Crippen molar-refractivity contribution in [2.24, 2.45) is 5.92 Å². The predicted molar refractivity (Wildman–Crippen MR) is 196 cm³/mol. The number of aryl methyl sites for hydroxylation is 1. The second-order valence-electron chi connectivity index (χ2n) is 14.1. The van der Waals surface area contributed by atoms with Gasteiger partial charge in [-0.25, -0.2) is 9.97 Å². The first-order chi connectivity index (χ1) is 23.5. The summed E-state index contributed by atoms with van der Waals surface area (Å²) in [6, 6.07) is 19.3. The van der Waals surface area contributed by atoms with Crippen LogP contribution in [0.4, 0.5) is 0 Å². The Bertz CT molecular complexity index is 1710. The predicted octanol–water partition coefficient (Wildman–Crippen LogP) is 7.96. The molecule has 49 heavy (non-hydrogen) atoms. The zero-order valence-corrected chi connectivity index (χ0v) is 29.9. The fourth-order valence-electron chi connectivity index (χ4n) is 6.12. The van der Waals surface area contributed by atoms with Gasteiger partial charge >= 0.3 is 5.97 Å². The van der Waals surface area contributed by atoms with Crippen LogP contribution >= 0.6 is 11.3 Å². The molecule has 2 aromatic carbocycles. The molecule has 5 rings (SSSR count). The highest BCUT2D eigenvalue weighted by Crippen LogP contribution is 2.30. The van der Waals surface area contributed by atoms with Crippen molar-refractivity contribution in [1.29, 1.82) is 0 Å². The van der Waals surface area contributed by atoms with Gasteiger partial charge in [-0.05, 0) is 53.5 Å². The van der Waals surface area contributed by atoms with Crippen molar-refractivity contribution in [2.45, 2.75) is 90.5 Å². The Balaban J connectivity index is 1.25. The van der Waals surface area contributed by atoms with Crippen LogP contribution in [0.5, 0.6) is 0 Å². The number of carbonyl (C=O) groups is 3. The average molecular weight is 681 g/mol. The van der Waals surface area contributed by atoms with Gasteiger partial charge in [0.05, 0.1) is 10.8 Å². The van der Waals surface area contributed by atoms with E-state index in [2.05, 4.69) is 67.2 Å². The third-order valence-electron chi connectivity index (χ3n) is 9.18. The second kappa shape index (κ2) is 16.4. The van der Waals surface area contributed by atoms with Crippen LogP contribution in [0.15, 0.2) is 73.1 Å². The molecule has 258 valence electrons. The van der Waals surface area contributed by atoms with E-state index in [0.29, 0.717) is 23.7 Å². The molecule has 0 saturated carbocycles. The van der Waals surface area contributed by atoms with Crippen LogP contribution < -0.4 is 5.32 Å². The van der Waals surface area contributed by atoms with E-state index in [4.69, 9.17) is 0 Å². The molecule has 0 spiro atoms. The van der Waals surface area contributed by atoms with Gasteiger partial charge in [0.25, 0.3) is 5.91 Å². The number of likely N-dealkylation sites (tertiary alicyclic amines) is 1. The van der Waals surface area contributed by atoms with Crippen molar-refractivity contribution < 1.29 is 19.5 Å². The van der Waals surface area contributed by atoms with Gasteiger partial charge in [-0.1, -0.05) is 102 Å². The van der Waals surface area contributed by atoms with Gasteiger partial charge in [0.15, 0.2) is 5.82 Å². The zero-order chi connectivity index (χ0) is 35.0. The van der Waals surface area contributed by atoms with E-state index in [1.807, 2.05) is 42.7 Å². The standard InChI is InChI=1S/C40H48N4O4S/c1-5-6-7-8-9-10-27-11-15-29(16-12-27)32-24-41-36(42-25-32)30-17-13-28(14-18-30)23-33(38(46)44-22-21-31(26-44)39(47)48)43-37(45)34-19-20-35(49-34)40(2,3)4/h11-20,24-25,31,33H,5-10,21-23,26H2,1-4H3,(H,43,45)(H,47,48)/t31-,33-/m0/s1. The number of thiophene rings is 1. The monoisotopic (exact) mass is 680 g/mol. The molecule has 1 aliphatic rings. The quantitative estimate of drug-likeness (QED) is 0.131. The Hall–Kier alpha value is -4.37. The minimum Gasteiger partial charge on any atom is -0.481 e. The lowest BCUT2D eigenvalue weighted by Gasteiger charge is -2.24. The number of carbonyl (C=O) groups excluding carboxylic acids is 2. The molecule has 0 radical (unpaired) electrons. The number of hydrogen-bond donors (Lipinski definition) is 2. The Morgan fingerprint density at radius 2 is 1.53 bits per heavy atom. The molecule has 2 N–H and O–H groups in total. The van der Waals surface area contributed by atoms with Crippen LogP contribution in [-0.4, -0.2) is 56.9 Å². The van der Waals surface area contributed by atoms with E-state index in [0.717, 1.165) is 33.6 Å². The number of carboxylic acid groups (broad SMARTS) is 1. The fourth-order valence-corrected chi connectivity index (χ4v) is 7.09. The number of hydrogen-bond acceptors (Lipinski definition) is 6. The Morgan fingerprint density at radius 1 is 0.878 bits per heavy atom. The van der Waals surface area contributed by atoms with Crippen molar-refractivity contribution in [3.05, 3.63) is 93.9 Å². The number of amides is 2. The lowest BCUT2D eigenvalue weighted by atomic mass is 9.95. The van der Waals surface area contributed by atoms with Crippen LogP contribution in [0.25, 0.3) is 22.5 Å². The number of nitrogens with zero attached hydrogens (tertiary/aromatic N) is 3. The van der Waals surface area contributed by atoms with Gasteiger partial charge < -0.3 is 15.3 Å². The summed E-state index contributed by atoms with van der Waals surface area (Å²) in [6.45, 7) is 9.02. The van der Waals surface area contributed by atoms with E-state index < -0.39 is 17.9 Å². The van der Waals surface area contributed by atoms with Gasteiger partial charge in [0.1, 0.15) is 6.04 Å². The van der Waals surface area contributed by atoms with E-state index in [9.17, 15) is 19.5 Å². The zero-order valence-electron chi connectivity index (χ0n) is 29.1. The summed E-state index contributed by atoms with van der Waals surface area (Å²) in [4.78, 5) is 51.1. The third-order valence-corrected chi connectivity index (χ3v) is 10.7. The van der Waals surface area contributed by atoms with Gasteiger partial charge in [-0.2, -0.15) is 0 Å². The minimum absolute atomic E-state index is 0.0931. The number of aromatic nitrogens is 2. The summed E-state index contributed by atoms with van der Waals surface area (Å²) < 4.78 is 0. The number of carboxylic acids is 1. The smallest absolute Gasteiger partial charge is 0.308 e. The summed E-state index contributed by atoms with van der Waals surface area (Å²) in [5.41, 5.74) is 5.01. The van der Waals surface area contributed by atoms with Crippen LogP contribution in [-0.2, 0) is 27.8 Å². The van der Waals surface area contributed by atoms with E-state index in [1.165, 1.54) is 49.0 Å². The van der Waals surface area contributed by atoms with Crippen LogP contribution in [0.2, 0.25) is 0 Å². The van der Waals surface area contributed by atoms with Gasteiger partial charge in [0, 0.05) is 47.9 Å². The van der Waals surface area contributed by atoms with Crippen molar-refractivity contribution in [1.82, 2.24) is 20.2 Å². The van der Waals surface area contributed by atoms with Gasteiger partial charge in [0.2, 0.25) is 5.91 Å². The molecule has 8 nitrogen and oxygen atoms in total. The maximum atomic E-state index is 13.7. The lowest BCUT2D eigenvalue weighted by Crippen LogP contribution is -2.49. The van der Waals surface area contributed by atoms with Crippen LogP contribution in [0.3, 0.4) is 0 Å². The molecule has 2 amide bonds. The molecule has 4 aromatic rings. The summed E-state index contributed by atoms with van der Waals surface area (Å²) >= 11 is 1.42. The molecule has 1 fully saturated rings. The summed E-state index contributed by atoms with van der Waals surface area (Å²) in [6.07, 6.45) is 11.8. The van der Waals surface area contributed by atoms with Crippen LogP contribution in [0.1, 0.15) is 91.9 Å². The highest BCUT2D eigenvalue weighted by atomic mass is 32.1. The van der Waals surface area contributed by atoms with E-state index >= 15 is 0 Å². The van der Waals surface area contributed by atoms with E-state index in [1.54, 1.807) is 11.0 Å². The topological polar surface area (TPSA) is 112 Å². The van der Waals surface area contributed by atoms with Crippen molar-refractivity contribution >= 4 is 29.1 Å². The maximum absolute atomic E-state index is 13.7. The molecule has 2 aromatic heterocycles. The molecule has 0 unspecified atom stereocenters. The molecule has 3 heterocycles. The summed E-state index contributed by atoms with van der Waals surface area (Å²) in [7, 11) is 0. The third kappa shape index (κ3) is 9.63. The number of rotatable bonds is 14.